The predicted molar refractivity (Wildman–Crippen MR) is 49.0 cm³/mol. The Labute approximate surface area is 75.2 Å². The summed E-state index contributed by atoms with van der Waals surface area (Å²) in [5, 5.41) is 9.37. The Morgan fingerprint density at radius 3 is 2.92 bits per heavy atom. The maximum atomic E-state index is 9.37. The average Bonchev–Trinajstić information content (AvgIpc) is 2.43. The van der Waals surface area contributed by atoms with Crippen LogP contribution in [0.4, 0.5) is 0 Å². The molecule has 0 aliphatic rings. The van der Waals surface area contributed by atoms with Crippen LogP contribution in [0.1, 0.15) is 5.56 Å². The maximum Gasteiger partial charge on any atom is 0.213 e. The summed E-state index contributed by atoms with van der Waals surface area (Å²) in [5.74, 6) is 0.713. The van der Waals surface area contributed by atoms with Gasteiger partial charge in [0.15, 0.2) is 5.88 Å². The molecule has 2 N–H and O–H groups in total. The third-order valence-electron chi connectivity index (χ3n) is 2.04. The quantitative estimate of drug-likeness (QED) is 0.697. The van der Waals surface area contributed by atoms with Gasteiger partial charge in [-0.3, -0.25) is 0 Å². The Kier molecular flexibility index (Phi) is 1.62. The molecule has 0 unspecified atom stereocenters. The molecule has 68 valence electrons. The van der Waals surface area contributed by atoms with Crippen LogP contribution in [-0.4, -0.2) is 22.2 Å². The number of nitrogens with zero attached hydrogens (tertiary/aromatic N) is 1. The molecule has 2 aromatic heterocycles. The molecule has 2 rings (SSSR count). The Balaban J connectivity index is 2.75. The lowest BCUT2D eigenvalue weighted by Crippen LogP contribution is -1.86. The summed E-state index contributed by atoms with van der Waals surface area (Å²) in [7, 11) is 1.57. The molecule has 0 aliphatic heterocycles. The summed E-state index contributed by atoms with van der Waals surface area (Å²) >= 11 is 0. The van der Waals surface area contributed by atoms with E-state index in [-0.39, 0.29) is 5.88 Å². The number of aryl methyl sites for hydroxylation is 1. The summed E-state index contributed by atoms with van der Waals surface area (Å²) in [6.07, 6.45) is 0. The largest absolute Gasteiger partial charge is 0.494 e. The van der Waals surface area contributed by atoms with Gasteiger partial charge in [0.05, 0.1) is 18.1 Å². The predicted octanol–water partition coefficient (Wildman–Crippen LogP) is 1.59. The number of pyridine rings is 1. The molecule has 0 radical (unpaired) electrons. The monoisotopic (exact) mass is 178 g/mol. The molecule has 0 aromatic carbocycles. The third-order valence-corrected chi connectivity index (χ3v) is 2.04. The number of ether oxygens (including phenoxy) is 1. The first-order chi connectivity index (χ1) is 6.22. The lowest BCUT2D eigenvalue weighted by molar-refractivity contribution is 0.399. The first kappa shape index (κ1) is 7.91. The zero-order chi connectivity index (χ0) is 9.42. The Hall–Kier alpha value is -1.71. The highest BCUT2D eigenvalue weighted by Gasteiger charge is 2.07. The van der Waals surface area contributed by atoms with Crippen LogP contribution in [0.15, 0.2) is 12.1 Å². The van der Waals surface area contributed by atoms with Crippen LogP contribution in [0, 0.1) is 6.92 Å². The van der Waals surface area contributed by atoms with Crippen molar-refractivity contribution in [2.45, 2.75) is 6.92 Å². The van der Waals surface area contributed by atoms with Gasteiger partial charge in [-0.25, -0.2) is 4.98 Å². The molecule has 2 aromatic rings. The molecule has 0 fully saturated rings. The number of fused-ring (bicyclic) bond motifs is 1. The van der Waals surface area contributed by atoms with Crippen LogP contribution in [0.5, 0.6) is 11.8 Å². The molecule has 0 bridgehead atoms. The number of rotatable bonds is 1. The second kappa shape index (κ2) is 2.65. The van der Waals surface area contributed by atoms with Crippen molar-refractivity contribution >= 4 is 11.0 Å². The fourth-order valence-electron chi connectivity index (χ4n) is 1.28. The van der Waals surface area contributed by atoms with Crippen molar-refractivity contribution in [1.82, 2.24) is 9.97 Å². The molecule has 0 saturated heterocycles. The maximum absolute atomic E-state index is 9.37. The summed E-state index contributed by atoms with van der Waals surface area (Å²) in [6, 6.07) is 3.58. The minimum absolute atomic E-state index is 0.163. The van der Waals surface area contributed by atoms with Gasteiger partial charge >= 0.3 is 0 Å². The first-order valence-corrected chi connectivity index (χ1v) is 3.94. The minimum Gasteiger partial charge on any atom is -0.494 e. The van der Waals surface area contributed by atoms with Gasteiger partial charge in [-0.1, -0.05) is 0 Å². The standard InChI is InChI=1S/C9H10N2O2/c1-5-8-6(10-9(5)12)3-4-7(11-8)13-2/h3-4,10,12H,1-2H3. The van der Waals surface area contributed by atoms with Gasteiger partial charge < -0.3 is 14.8 Å². The molecule has 4 nitrogen and oxygen atoms in total. The second-order valence-corrected chi connectivity index (χ2v) is 2.85. The van der Waals surface area contributed by atoms with E-state index in [0.717, 1.165) is 16.6 Å². The number of aromatic nitrogens is 2. The number of H-pyrrole nitrogens is 1. The van der Waals surface area contributed by atoms with E-state index >= 15 is 0 Å². The van der Waals surface area contributed by atoms with Crippen molar-refractivity contribution in [2.24, 2.45) is 0 Å². The molecule has 2 heterocycles. The van der Waals surface area contributed by atoms with Gasteiger partial charge in [-0.05, 0) is 13.0 Å². The van der Waals surface area contributed by atoms with Crippen LogP contribution in [-0.2, 0) is 0 Å². The highest BCUT2D eigenvalue weighted by Crippen LogP contribution is 2.25. The van der Waals surface area contributed by atoms with Gasteiger partial charge in [-0.2, -0.15) is 0 Å². The van der Waals surface area contributed by atoms with Gasteiger partial charge in [0.25, 0.3) is 0 Å². The van der Waals surface area contributed by atoms with Crippen LogP contribution < -0.4 is 4.74 Å². The van der Waals surface area contributed by atoms with Crippen molar-refractivity contribution in [3.63, 3.8) is 0 Å². The zero-order valence-electron chi connectivity index (χ0n) is 7.46. The minimum atomic E-state index is 0.163. The number of nitrogens with one attached hydrogen (secondary N) is 1. The fraction of sp³-hybridized carbons (Fsp3) is 0.222. The van der Waals surface area contributed by atoms with E-state index in [2.05, 4.69) is 9.97 Å². The normalized spacial score (nSPS) is 10.6. The summed E-state index contributed by atoms with van der Waals surface area (Å²) in [5.41, 5.74) is 2.31. The van der Waals surface area contributed by atoms with E-state index in [4.69, 9.17) is 4.74 Å². The van der Waals surface area contributed by atoms with E-state index in [1.54, 1.807) is 20.1 Å². The lowest BCUT2D eigenvalue weighted by atomic mass is 10.3. The number of aromatic hydroxyl groups is 1. The molecule has 0 amide bonds. The van der Waals surface area contributed by atoms with E-state index in [9.17, 15) is 5.11 Å². The Morgan fingerprint density at radius 1 is 1.46 bits per heavy atom. The number of hydrogen-bond donors (Lipinski definition) is 2. The topological polar surface area (TPSA) is 58.1 Å². The van der Waals surface area contributed by atoms with Crippen LogP contribution >= 0.6 is 0 Å². The highest BCUT2D eigenvalue weighted by atomic mass is 16.5. The first-order valence-electron chi connectivity index (χ1n) is 3.94. The van der Waals surface area contributed by atoms with Gasteiger partial charge in [0, 0.05) is 11.6 Å². The van der Waals surface area contributed by atoms with E-state index in [1.165, 1.54) is 0 Å². The second-order valence-electron chi connectivity index (χ2n) is 2.85. The van der Waals surface area contributed by atoms with Crippen LogP contribution in [0.25, 0.3) is 11.0 Å². The smallest absolute Gasteiger partial charge is 0.213 e. The van der Waals surface area contributed by atoms with E-state index < -0.39 is 0 Å². The molecule has 13 heavy (non-hydrogen) atoms. The van der Waals surface area contributed by atoms with Crippen molar-refractivity contribution in [1.29, 1.82) is 0 Å². The molecule has 0 aliphatic carbocycles. The number of aromatic amines is 1. The zero-order valence-corrected chi connectivity index (χ0v) is 7.46. The molecule has 0 spiro atoms. The molecular formula is C9H10N2O2. The van der Waals surface area contributed by atoms with Crippen molar-refractivity contribution < 1.29 is 9.84 Å². The summed E-state index contributed by atoms with van der Waals surface area (Å²) < 4.78 is 4.98. The number of methoxy groups -OCH3 is 1. The molecule has 0 saturated carbocycles. The van der Waals surface area contributed by atoms with Crippen LogP contribution in [0.2, 0.25) is 0 Å². The summed E-state index contributed by atoms with van der Waals surface area (Å²) in [6.45, 7) is 1.81. The third kappa shape index (κ3) is 1.11. The van der Waals surface area contributed by atoms with Crippen molar-refractivity contribution in [3.05, 3.63) is 17.7 Å². The van der Waals surface area contributed by atoms with E-state index in [1.807, 2.05) is 6.07 Å². The number of hydrogen-bond acceptors (Lipinski definition) is 3. The van der Waals surface area contributed by atoms with Gasteiger partial charge in [-0.15, -0.1) is 0 Å². The molecular weight excluding hydrogens is 168 g/mol. The Morgan fingerprint density at radius 2 is 2.23 bits per heavy atom. The average molecular weight is 178 g/mol. The fourth-order valence-corrected chi connectivity index (χ4v) is 1.28. The Bertz CT molecular complexity index is 448. The van der Waals surface area contributed by atoms with Crippen LogP contribution in [0.3, 0.4) is 0 Å². The van der Waals surface area contributed by atoms with Gasteiger partial charge in [0.1, 0.15) is 0 Å². The molecule has 0 atom stereocenters. The SMILES string of the molecule is COc1ccc2[nH]c(O)c(C)c2n1. The van der Waals surface area contributed by atoms with E-state index in [0.29, 0.717) is 5.88 Å². The summed E-state index contributed by atoms with van der Waals surface area (Å²) in [4.78, 5) is 7.02. The van der Waals surface area contributed by atoms with Crippen molar-refractivity contribution in [2.75, 3.05) is 7.11 Å². The lowest BCUT2D eigenvalue weighted by Gasteiger charge is -1.97. The van der Waals surface area contributed by atoms with Gasteiger partial charge in [0.2, 0.25) is 5.88 Å². The molecule has 4 heteroatoms. The van der Waals surface area contributed by atoms with Crippen molar-refractivity contribution in [3.8, 4) is 11.8 Å². The highest BCUT2D eigenvalue weighted by molar-refractivity contribution is 5.81.